The Labute approximate surface area is 171 Å². The fourth-order valence-electron chi connectivity index (χ4n) is 7.47. The van der Waals surface area contributed by atoms with Gasteiger partial charge in [-0.3, -0.25) is 14.4 Å². The number of hydrogen-bond donors (Lipinski definition) is 1. The highest BCUT2D eigenvalue weighted by Crippen LogP contribution is 2.66. The molecule has 3 saturated carbocycles. The van der Waals surface area contributed by atoms with Crippen LogP contribution in [0, 0.1) is 34.5 Å². The van der Waals surface area contributed by atoms with E-state index in [0.29, 0.717) is 19.3 Å². The molecule has 6 heteroatoms. The second-order valence-electron chi connectivity index (χ2n) is 9.72. The van der Waals surface area contributed by atoms with Gasteiger partial charge in [0.15, 0.2) is 11.6 Å². The van der Waals surface area contributed by atoms with Crippen molar-refractivity contribution in [3.05, 3.63) is 11.6 Å². The van der Waals surface area contributed by atoms with E-state index in [0.717, 1.165) is 37.5 Å². The number of ether oxygens (including phenoxy) is 1. The summed E-state index contributed by atoms with van der Waals surface area (Å²) in [5.74, 6) is -0.772. The summed E-state index contributed by atoms with van der Waals surface area (Å²) in [6.45, 7) is 3.00. The third kappa shape index (κ3) is 2.94. The molecule has 0 bridgehead atoms. The number of hydrogen-bond acceptors (Lipinski definition) is 6. The summed E-state index contributed by atoms with van der Waals surface area (Å²) in [5, 5.41) is 9.47. The first kappa shape index (κ1) is 20.5. The lowest BCUT2D eigenvalue weighted by atomic mass is 9.45. The minimum atomic E-state index is -0.872. The van der Waals surface area contributed by atoms with Gasteiger partial charge in [0.1, 0.15) is 19.0 Å². The Kier molecular flexibility index (Phi) is 5.04. The predicted octanol–water partition coefficient (Wildman–Crippen LogP) is 2.42. The number of carbonyl (C=O) groups excluding carboxylic acids is 4. The number of allylic oxidation sites excluding steroid dienone is 1. The first-order valence-electron chi connectivity index (χ1n) is 10.8. The van der Waals surface area contributed by atoms with Gasteiger partial charge >= 0.3 is 5.97 Å². The van der Waals surface area contributed by atoms with E-state index in [1.165, 1.54) is 6.92 Å². The van der Waals surface area contributed by atoms with E-state index < -0.39 is 24.0 Å². The normalized spacial score (nSPS) is 43.5. The van der Waals surface area contributed by atoms with E-state index in [1.807, 2.05) is 0 Å². The van der Waals surface area contributed by atoms with Gasteiger partial charge in [0.05, 0.1) is 0 Å². The number of esters is 1. The molecule has 7 atom stereocenters. The predicted molar refractivity (Wildman–Crippen MR) is 104 cm³/mol. The Morgan fingerprint density at radius 2 is 2.03 bits per heavy atom. The smallest absolute Gasteiger partial charge is 0.302 e. The van der Waals surface area contributed by atoms with Crippen LogP contribution in [-0.2, 0) is 23.9 Å². The van der Waals surface area contributed by atoms with Crippen LogP contribution in [0.4, 0.5) is 0 Å². The van der Waals surface area contributed by atoms with Gasteiger partial charge in [-0.05, 0) is 61.9 Å². The van der Waals surface area contributed by atoms with E-state index in [-0.39, 0.29) is 40.7 Å². The third-order valence-electron chi connectivity index (χ3n) is 8.56. The van der Waals surface area contributed by atoms with Crippen LogP contribution in [0.5, 0.6) is 0 Å². The number of Topliss-reactive ketones (excluding diaryl/α,β-unsaturated/α-hetero) is 1. The topological polar surface area (TPSA) is 97.7 Å². The van der Waals surface area contributed by atoms with Gasteiger partial charge in [-0.1, -0.05) is 12.5 Å². The van der Waals surface area contributed by atoms with E-state index in [4.69, 9.17) is 4.74 Å². The Morgan fingerprint density at radius 3 is 2.69 bits per heavy atom. The molecule has 0 spiro atoms. The summed E-state index contributed by atoms with van der Waals surface area (Å²) in [6, 6.07) is 0. The minimum Gasteiger partial charge on any atom is -0.462 e. The molecular formula is C23H30O6. The summed E-state index contributed by atoms with van der Waals surface area (Å²) in [6.07, 6.45) is 6.81. The highest BCUT2D eigenvalue weighted by atomic mass is 16.5. The summed E-state index contributed by atoms with van der Waals surface area (Å²) in [5.41, 5.74) is 0.0422. The van der Waals surface area contributed by atoms with Crippen LogP contribution in [0.25, 0.3) is 0 Å². The molecule has 0 aromatic rings. The van der Waals surface area contributed by atoms with E-state index in [9.17, 15) is 24.3 Å². The lowest BCUT2D eigenvalue weighted by molar-refractivity contribution is -0.179. The van der Waals surface area contributed by atoms with Crippen molar-refractivity contribution in [3.63, 3.8) is 0 Å². The van der Waals surface area contributed by atoms with Crippen molar-refractivity contribution < 1.29 is 29.0 Å². The number of carbonyl (C=O) groups is 4. The number of ketones is 2. The Bertz CT molecular complexity index is 784. The number of rotatable bonds is 4. The van der Waals surface area contributed by atoms with Crippen molar-refractivity contribution in [1.29, 1.82) is 0 Å². The standard InChI is InChI=1S/C23H30O6/c1-13(26)29-20-10-23(12-25)17(5-6-18(23)19(28)11-24)16-4-3-14-9-15(27)7-8-22(14,2)21(16)20/h9,12,16-18,20-21,24H,3-8,10-11H2,1-2H3/t16-,17-,18+,20-,21+,22-,23+/m0/s1. The van der Waals surface area contributed by atoms with Crippen molar-refractivity contribution in [2.24, 2.45) is 34.5 Å². The fourth-order valence-corrected chi connectivity index (χ4v) is 7.47. The molecule has 4 aliphatic carbocycles. The second-order valence-corrected chi connectivity index (χ2v) is 9.72. The molecule has 0 radical (unpaired) electrons. The van der Waals surface area contributed by atoms with Gasteiger partial charge in [0.2, 0.25) is 0 Å². The zero-order chi connectivity index (χ0) is 21.0. The summed E-state index contributed by atoms with van der Waals surface area (Å²) in [4.78, 5) is 49.0. The van der Waals surface area contributed by atoms with E-state index in [1.54, 1.807) is 6.08 Å². The van der Waals surface area contributed by atoms with Gasteiger partial charge in [-0.25, -0.2) is 0 Å². The lowest BCUT2D eigenvalue weighted by Gasteiger charge is -2.59. The summed E-state index contributed by atoms with van der Waals surface area (Å²) in [7, 11) is 0. The Hall–Kier alpha value is -1.82. The van der Waals surface area contributed by atoms with Crippen LogP contribution in [0.1, 0.15) is 58.8 Å². The molecule has 0 aliphatic heterocycles. The number of aliphatic hydroxyl groups excluding tert-OH is 1. The van der Waals surface area contributed by atoms with Crippen molar-refractivity contribution in [2.45, 2.75) is 64.9 Å². The molecule has 0 aromatic carbocycles. The van der Waals surface area contributed by atoms with Crippen molar-refractivity contribution in [3.8, 4) is 0 Å². The quantitative estimate of drug-likeness (QED) is 0.573. The largest absolute Gasteiger partial charge is 0.462 e. The van der Waals surface area contributed by atoms with Crippen molar-refractivity contribution in [2.75, 3.05) is 6.61 Å². The van der Waals surface area contributed by atoms with E-state index >= 15 is 0 Å². The second kappa shape index (κ2) is 7.15. The summed E-state index contributed by atoms with van der Waals surface area (Å²) < 4.78 is 5.81. The molecule has 0 amide bonds. The maximum atomic E-state index is 12.5. The fraction of sp³-hybridized carbons (Fsp3) is 0.739. The average Bonchev–Trinajstić information content (AvgIpc) is 3.07. The number of fused-ring (bicyclic) bond motifs is 5. The molecule has 0 unspecified atom stereocenters. The molecule has 0 heterocycles. The maximum Gasteiger partial charge on any atom is 0.302 e. The highest BCUT2D eigenvalue weighted by Gasteiger charge is 2.65. The maximum absolute atomic E-state index is 12.5. The minimum absolute atomic E-state index is 0.0422. The number of aliphatic hydroxyl groups is 1. The third-order valence-corrected chi connectivity index (χ3v) is 8.56. The molecule has 1 N–H and O–H groups in total. The number of aldehydes is 1. The molecule has 158 valence electrons. The first-order chi connectivity index (χ1) is 13.8. The van der Waals surface area contributed by atoms with Crippen LogP contribution in [0.3, 0.4) is 0 Å². The Morgan fingerprint density at radius 1 is 1.28 bits per heavy atom. The molecule has 0 saturated heterocycles. The molecule has 6 nitrogen and oxygen atoms in total. The van der Waals surface area contributed by atoms with Gasteiger partial charge in [0.25, 0.3) is 0 Å². The van der Waals surface area contributed by atoms with Crippen LogP contribution in [-0.4, -0.2) is 41.6 Å². The molecule has 4 rings (SSSR count). The molecule has 29 heavy (non-hydrogen) atoms. The van der Waals surface area contributed by atoms with Crippen molar-refractivity contribution in [1.82, 2.24) is 0 Å². The summed E-state index contributed by atoms with van der Waals surface area (Å²) >= 11 is 0. The lowest BCUT2D eigenvalue weighted by Crippen LogP contribution is -2.59. The van der Waals surface area contributed by atoms with Crippen LogP contribution < -0.4 is 0 Å². The van der Waals surface area contributed by atoms with Crippen molar-refractivity contribution >= 4 is 23.8 Å². The molecular weight excluding hydrogens is 372 g/mol. The first-order valence-corrected chi connectivity index (χ1v) is 10.8. The van der Waals surface area contributed by atoms with Crippen LogP contribution in [0.15, 0.2) is 11.6 Å². The van der Waals surface area contributed by atoms with Gasteiger partial charge in [-0.15, -0.1) is 0 Å². The van der Waals surface area contributed by atoms with Gasteiger partial charge < -0.3 is 14.6 Å². The average molecular weight is 402 g/mol. The molecule has 3 fully saturated rings. The Balaban J connectivity index is 1.79. The van der Waals surface area contributed by atoms with Gasteiger partial charge in [0, 0.05) is 30.6 Å². The zero-order valence-electron chi connectivity index (χ0n) is 17.2. The molecule has 4 aliphatic rings. The van der Waals surface area contributed by atoms with Crippen LogP contribution >= 0.6 is 0 Å². The highest BCUT2D eigenvalue weighted by molar-refractivity contribution is 5.91. The monoisotopic (exact) mass is 402 g/mol. The van der Waals surface area contributed by atoms with Crippen LogP contribution in [0.2, 0.25) is 0 Å². The molecule has 0 aromatic heterocycles. The van der Waals surface area contributed by atoms with Gasteiger partial charge in [-0.2, -0.15) is 0 Å². The van der Waals surface area contributed by atoms with E-state index in [2.05, 4.69) is 6.92 Å². The SMILES string of the molecule is CC(=O)O[C@H]1C[C@]2(C=O)[C@@H](C(=O)CO)CC[C@H]2[C@@H]2CCC3=CC(=O)CC[C@]3(C)[C@H]21. The zero-order valence-corrected chi connectivity index (χ0v) is 17.2.